The van der Waals surface area contributed by atoms with Gasteiger partial charge in [-0.2, -0.15) is 0 Å². The fourth-order valence-corrected chi connectivity index (χ4v) is 4.84. The summed E-state index contributed by atoms with van der Waals surface area (Å²) in [6.45, 7) is 2.91. The summed E-state index contributed by atoms with van der Waals surface area (Å²) in [5.74, 6) is 3.05. The van der Waals surface area contributed by atoms with Gasteiger partial charge in [-0.3, -0.25) is 4.57 Å². The lowest BCUT2D eigenvalue weighted by molar-refractivity contribution is 0.0500. The number of nitrogens with zero attached hydrogens (tertiary/aromatic N) is 5. The second kappa shape index (κ2) is 10.6. The van der Waals surface area contributed by atoms with E-state index in [2.05, 4.69) is 27.2 Å². The first-order valence-electron chi connectivity index (χ1n) is 12.8. The number of amidine groups is 1. The average Bonchev–Trinajstić information content (AvgIpc) is 3.66. The Morgan fingerprint density at radius 3 is 2.55 bits per heavy atom. The van der Waals surface area contributed by atoms with Gasteiger partial charge in [-0.05, 0) is 48.4 Å². The first kappa shape index (κ1) is 25.3. The van der Waals surface area contributed by atoms with Crippen LogP contribution in [-0.4, -0.2) is 53.2 Å². The zero-order valence-corrected chi connectivity index (χ0v) is 22.7. The number of pyridine rings is 1. The van der Waals surface area contributed by atoms with E-state index in [-0.39, 0.29) is 6.04 Å². The van der Waals surface area contributed by atoms with Gasteiger partial charge < -0.3 is 28.4 Å². The van der Waals surface area contributed by atoms with Crippen LogP contribution in [0.25, 0.3) is 16.7 Å². The number of aromatic nitrogens is 3. The summed E-state index contributed by atoms with van der Waals surface area (Å²) in [6.07, 6.45) is 3.41. The highest BCUT2D eigenvalue weighted by Gasteiger charge is 2.33. The fourth-order valence-electron chi connectivity index (χ4n) is 4.84. The number of oxime groups is 1. The number of furan rings is 1. The summed E-state index contributed by atoms with van der Waals surface area (Å²) in [5, 5.41) is 5.52. The molecule has 1 aliphatic heterocycles. The number of imidazole rings is 1. The maximum Gasteiger partial charge on any atom is 0.238 e. The minimum Gasteiger partial charge on any atom is -0.497 e. The average molecular weight is 540 g/mol. The lowest BCUT2D eigenvalue weighted by Gasteiger charge is -2.35. The summed E-state index contributed by atoms with van der Waals surface area (Å²) in [6, 6.07) is 19.7. The van der Waals surface area contributed by atoms with E-state index in [1.165, 1.54) is 0 Å². The molecule has 0 spiro atoms. The van der Waals surface area contributed by atoms with E-state index in [4.69, 9.17) is 28.4 Å². The molecule has 0 aliphatic carbocycles. The minimum absolute atomic E-state index is 0.244. The van der Waals surface area contributed by atoms with Gasteiger partial charge >= 0.3 is 0 Å². The van der Waals surface area contributed by atoms with Gasteiger partial charge in [-0.1, -0.05) is 35.5 Å². The number of fused-ring (bicyclic) bond motifs is 1. The Labute approximate surface area is 231 Å². The number of hydrogen-bond acceptors (Lipinski definition) is 9. The fraction of sp³-hybridized carbons (Fsp3) is 0.233. The molecule has 0 saturated heterocycles. The second-order valence-corrected chi connectivity index (χ2v) is 9.39. The van der Waals surface area contributed by atoms with Gasteiger partial charge in [0.1, 0.15) is 47.5 Å². The maximum atomic E-state index is 6.40. The first-order valence-corrected chi connectivity index (χ1v) is 12.8. The van der Waals surface area contributed by atoms with Crippen LogP contribution in [0.3, 0.4) is 0 Å². The van der Waals surface area contributed by atoms with Crippen molar-refractivity contribution in [1.82, 2.24) is 19.4 Å². The molecule has 204 valence electrons. The van der Waals surface area contributed by atoms with Crippen molar-refractivity contribution in [3.05, 3.63) is 95.8 Å². The molecule has 0 bridgehead atoms. The molecule has 0 fully saturated rings. The molecule has 2 aromatic carbocycles. The monoisotopic (exact) mass is 539 g/mol. The van der Waals surface area contributed by atoms with E-state index in [1.54, 1.807) is 38.4 Å². The molecule has 10 heteroatoms. The molecule has 6 rings (SSSR count). The number of para-hydroxylation sites is 1. The van der Waals surface area contributed by atoms with Crippen LogP contribution in [0.1, 0.15) is 28.6 Å². The highest BCUT2D eigenvalue weighted by atomic mass is 16.6. The Balaban J connectivity index is 1.41. The molecule has 4 heterocycles. The van der Waals surface area contributed by atoms with E-state index in [0.717, 1.165) is 33.6 Å². The lowest BCUT2D eigenvalue weighted by atomic mass is 10.1. The molecule has 0 radical (unpaired) electrons. The summed E-state index contributed by atoms with van der Waals surface area (Å²) in [5.41, 5.74) is 4.32. The Morgan fingerprint density at radius 2 is 1.82 bits per heavy atom. The molecular formula is C30H29N5O5. The quantitative estimate of drug-likeness (QED) is 0.263. The van der Waals surface area contributed by atoms with Crippen LogP contribution in [0, 0.1) is 6.92 Å². The zero-order valence-electron chi connectivity index (χ0n) is 22.7. The molecule has 5 aromatic rings. The molecule has 1 atom stereocenters. The highest BCUT2D eigenvalue weighted by Crippen LogP contribution is 2.34. The van der Waals surface area contributed by atoms with Crippen molar-refractivity contribution >= 4 is 16.8 Å². The Bertz CT molecular complexity index is 1670. The standard InChI is InChI=1S/C30H29N5O5/c1-19-6-5-7-21-14-26(40-28(19)21)25-17-39-33-29(35(25)15-20-8-10-22(36-2)11-9-20)23-12-13-24(30(32-23)38-4)34-16-27(37-3)31-18-34/h5-14,16,18,25H,15,17H2,1-4H3. The number of hydrogen-bond donors (Lipinski definition) is 0. The molecule has 3 aromatic heterocycles. The van der Waals surface area contributed by atoms with Crippen LogP contribution < -0.4 is 14.2 Å². The van der Waals surface area contributed by atoms with Crippen molar-refractivity contribution in [2.45, 2.75) is 19.5 Å². The van der Waals surface area contributed by atoms with Crippen LogP contribution in [0.4, 0.5) is 0 Å². The maximum absolute atomic E-state index is 6.40. The molecular weight excluding hydrogens is 510 g/mol. The first-order chi connectivity index (χ1) is 19.6. The van der Waals surface area contributed by atoms with Gasteiger partial charge in [-0.25, -0.2) is 9.97 Å². The van der Waals surface area contributed by atoms with Crippen LogP contribution in [0.2, 0.25) is 0 Å². The minimum atomic E-state index is -0.244. The Hall–Kier alpha value is -4.99. The Morgan fingerprint density at radius 1 is 0.975 bits per heavy atom. The van der Waals surface area contributed by atoms with Gasteiger partial charge in [0, 0.05) is 11.9 Å². The van der Waals surface area contributed by atoms with Gasteiger partial charge in [0.25, 0.3) is 0 Å². The van der Waals surface area contributed by atoms with E-state index < -0.39 is 0 Å². The smallest absolute Gasteiger partial charge is 0.238 e. The number of benzene rings is 2. The van der Waals surface area contributed by atoms with Crippen LogP contribution in [0.5, 0.6) is 17.5 Å². The third kappa shape index (κ3) is 4.68. The largest absolute Gasteiger partial charge is 0.497 e. The normalized spacial score (nSPS) is 15.1. The Kier molecular flexibility index (Phi) is 6.73. The highest BCUT2D eigenvalue weighted by molar-refractivity contribution is 5.97. The topological polar surface area (TPSA) is 96.4 Å². The van der Waals surface area contributed by atoms with E-state index in [0.29, 0.717) is 42.1 Å². The zero-order chi connectivity index (χ0) is 27.6. The second-order valence-electron chi connectivity index (χ2n) is 9.39. The predicted molar refractivity (Wildman–Crippen MR) is 149 cm³/mol. The summed E-state index contributed by atoms with van der Waals surface area (Å²) >= 11 is 0. The number of ether oxygens (including phenoxy) is 3. The summed E-state index contributed by atoms with van der Waals surface area (Å²) in [7, 11) is 4.81. The summed E-state index contributed by atoms with van der Waals surface area (Å²) < 4.78 is 24.4. The molecule has 0 amide bonds. The molecule has 1 aliphatic rings. The van der Waals surface area contributed by atoms with E-state index in [1.807, 2.05) is 55.5 Å². The third-order valence-electron chi connectivity index (χ3n) is 6.94. The van der Waals surface area contributed by atoms with Crippen LogP contribution in [-0.2, 0) is 11.4 Å². The van der Waals surface area contributed by atoms with Crippen LogP contribution >= 0.6 is 0 Å². The van der Waals surface area contributed by atoms with E-state index >= 15 is 0 Å². The van der Waals surface area contributed by atoms with Crippen molar-refractivity contribution < 1.29 is 23.5 Å². The van der Waals surface area contributed by atoms with Crippen molar-refractivity contribution in [1.29, 1.82) is 0 Å². The molecule has 1 unspecified atom stereocenters. The SMILES string of the molecule is COc1ccc(CN2C(c3ccc(-n4cnc(OC)c4)c(OC)n3)=NOCC2c2cc3cccc(C)c3o2)cc1. The lowest BCUT2D eigenvalue weighted by Crippen LogP contribution is -2.40. The number of aryl methyl sites for hydroxylation is 1. The van der Waals surface area contributed by atoms with Gasteiger partial charge in [0.2, 0.25) is 11.8 Å². The third-order valence-corrected chi connectivity index (χ3v) is 6.94. The molecule has 10 nitrogen and oxygen atoms in total. The number of methoxy groups -OCH3 is 3. The van der Waals surface area contributed by atoms with Gasteiger partial charge in [0.15, 0.2) is 5.84 Å². The number of rotatable bonds is 8. The summed E-state index contributed by atoms with van der Waals surface area (Å²) in [4.78, 5) is 17.0. The van der Waals surface area contributed by atoms with Crippen molar-refractivity contribution in [2.75, 3.05) is 27.9 Å². The molecule has 0 N–H and O–H groups in total. The van der Waals surface area contributed by atoms with Crippen molar-refractivity contribution in [3.8, 4) is 23.2 Å². The van der Waals surface area contributed by atoms with Gasteiger partial charge in [-0.15, -0.1) is 0 Å². The molecule has 0 saturated carbocycles. The van der Waals surface area contributed by atoms with Crippen LogP contribution in [0.15, 0.2) is 82.8 Å². The van der Waals surface area contributed by atoms with Crippen molar-refractivity contribution in [3.63, 3.8) is 0 Å². The van der Waals surface area contributed by atoms with E-state index in [9.17, 15) is 0 Å². The van der Waals surface area contributed by atoms with Gasteiger partial charge in [0.05, 0.1) is 27.5 Å². The predicted octanol–water partition coefficient (Wildman–Crippen LogP) is 5.28. The van der Waals surface area contributed by atoms with Crippen molar-refractivity contribution in [2.24, 2.45) is 5.16 Å². The molecule has 40 heavy (non-hydrogen) atoms.